The molecule has 1 saturated heterocycles. The largest absolute Gasteiger partial charge is 0.508 e. The van der Waals surface area contributed by atoms with Gasteiger partial charge >= 0.3 is 0 Å². The van der Waals surface area contributed by atoms with Crippen molar-refractivity contribution in [2.24, 2.45) is 0 Å². The third-order valence-corrected chi connectivity index (χ3v) is 3.65. The van der Waals surface area contributed by atoms with Crippen molar-refractivity contribution in [1.29, 1.82) is 0 Å². The fourth-order valence-electron chi connectivity index (χ4n) is 2.13. The van der Waals surface area contributed by atoms with Gasteiger partial charge in [-0.05, 0) is 51.1 Å². The number of piperidine rings is 1. The van der Waals surface area contributed by atoms with Crippen molar-refractivity contribution in [2.45, 2.75) is 25.3 Å². The molecular formula is C13H17ClN2O2. The van der Waals surface area contributed by atoms with Crippen LogP contribution in [0, 0.1) is 0 Å². The minimum absolute atomic E-state index is 0.0417. The van der Waals surface area contributed by atoms with Gasteiger partial charge in [0.05, 0.1) is 10.6 Å². The Kier molecular flexibility index (Phi) is 3.78. The summed E-state index contributed by atoms with van der Waals surface area (Å²) in [5.41, 5.74) is 0.105. The Hall–Kier alpha value is -1.26. The molecule has 2 rings (SSSR count). The topological polar surface area (TPSA) is 61.4 Å². The summed E-state index contributed by atoms with van der Waals surface area (Å²) >= 11 is 5.97. The van der Waals surface area contributed by atoms with Gasteiger partial charge in [0.15, 0.2) is 0 Å². The zero-order valence-corrected chi connectivity index (χ0v) is 11.0. The molecule has 4 nitrogen and oxygen atoms in total. The van der Waals surface area contributed by atoms with Crippen LogP contribution in [0.1, 0.15) is 30.1 Å². The summed E-state index contributed by atoms with van der Waals surface area (Å²) in [6, 6.07) is 4.38. The van der Waals surface area contributed by atoms with Gasteiger partial charge in [-0.3, -0.25) is 4.79 Å². The average Bonchev–Trinajstić information content (AvgIpc) is 2.32. The predicted molar refractivity (Wildman–Crippen MR) is 71.1 cm³/mol. The molecule has 0 unspecified atom stereocenters. The molecule has 98 valence electrons. The summed E-state index contributed by atoms with van der Waals surface area (Å²) in [5, 5.41) is 16.0. The van der Waals surface area contributed by atoms with E-state index in [0.29, 0.717) is 10.6 Å². The maximum atomic E-state index is 12.2. The van der Waals surface area contributed by atoms with Crippen LogP contribution in [0.5, 0.6) is 5.75 Å². The van der Waals surface area contributed by atoms with Crippen LogP contribution in [0.15, 0.2) is 18.2 Å². The smallest absolute Gasteiger partial charge is 0.253 e. The molecule has 1 aromatic carbocycles. The molecule has 1 fully saturated rings. The molecule has 3 N–H and O–H groups in total. The van der Waals surface area contributed by atoms with Crippen LogP contribution >= 0.6 is 11.6 Å². The number of hydrogen-bond acceptors (Lipinski definition) is 3. The highest BCUT2D eigenvalue weighted by Crippen LogP contribution is 2.23. The Balaban J connectivity index is 2.14. The fraction of sp³-hybridized carbons (Fsp3) is 0.462. The van der Waals surface area contributed by atoms with Gasteiger partial charge < -0.3 is 15.7 Å². The minimum atomic E-state index is -0.236. The van der Waals surface area contributed by atoms with Gasteiger partial charge in [0, 0.05) is 5.54 Å². The van der Waals surface area contributed by atoms with Crippen LogP contribution in [0.2, 0.25) is 5.02 Å². The van der Waals surface area contributed by atoms with E-state index in [2.05, 4.69) is 10.6 Å². The molecule has 0 saturated carbocycles. The third kappa shape index (κ3) is 2.94. The third-order valence-electron chi connectivity index (χ3n) is 3.32. The lowest BCUT2D eigenvalue weighted by Gasteiger charge is -2.35. The van der Waals surface area contributed by atoms with Crippen molar-refractivity contribution in [3.63, 3.8) is 0 Å². The molecule has 0 atom stereocenters. The molecule has 1 aliphatic heterocycles. The summed E-state index contributed by atoms with van der Waals surface area (Å²) < 4.78 is 0. The Morgan fingerprint density at radius 1 is 1.44 bits per heavy atom. The van der Waals surface area contributed by atoms with E-state index in [4.69, 9.17) is 11.6 Å². The lowest BCUT2D eigenvalue weighted by Crippen LogP contribution is -2.52. The quantitative estimate of drug-likeness (QED) is 0.768. The molecule has 0 aromatic heterocycles. The zero-order valence-electron chi connectivity index (χ0n) is 10.3. The van der Waals surface area contributed by atoms with E-state index in [1.807, 2.05) is 6.92 Å². The zero-order chi connectivity index (χ0) is 13.2. The van der Waals surface area contributed by atoms with Crippen molar-refractivity contribution in [3.8, 4) is 5.75 Å². The van der Waals surface area contributed by atoms with Crippen molar-refractivity contribution >= 4 is 17.5 Å². The average molecular weight is 269 g/mol. The molecule has 0 spiro atoms. The standard InChI is InChI=1S/C13H17ClN2O2/c1-13(4-6-15-7-5-13)16-12(18)10-8-9(17)2-3-11(10)14/h2-3,8,15,17H,4-7H2,1H3,(H,16,18). The SMILES string of the molecule is CC1(NC(=O)c2cc(O)ccc2Cl)CCNCC1. The monoisotopic (exact) mass is 268 g/mol. The van der Waals surface area contributed by atoms with E-state index in [1.165, 1.54) is 18.2 Å². The van der Waals surface area contributed by atoms with Crippen molar-refractivity contribution in [2.75, 3.05) is 13.1 Å². The number of amides is 1. The van der Waals surface area contributed by atoms with Crippen LogP contribution in [-0.2, 0) is 0 Å². The first-order chi connectivity index (χ1) is 8.50. The summed E-state index contributed by atoms with van der Waals surface area (Å²) in [5.74, 6) is -0.194. The van der Waals surface area contributed by atoms with Gasteiger partial charge in [-0.15, -0.1) is 0 Å². The second-order valence-corrected chi connectivity index (χ2v) is 5.34. The van der Waals surface area contributed by atoms with Crippen LogP contribution in [-0.4, -0.2) is 29.6 Å². The Morgan fingerprint density at radius 3 is 2.78 bits per heavy atom. The number of phenolic OH excluding ortho intramolecular Hbond substituents is 1. The highest BCUT2D eigenvalue weighted by atomic mass is 35.5. The van der Waals surface area contributed by atoms with Crippen LogP contribution in [0.3, 0.4) is 0 Å². The van der Waals surface area contributed by atoms with Crippen molar-refractivity contribution in [1.82, 2.24) is 10.6 Å². The van der Waals surface area contributed by atoms with E-state index in [1.54, 1.807) is 0 Å². The van der Waals surface area contributed by atoms with Gasteiger partial charge in [0.25, 0.3) is 5.91 Å². The van der Waals surface area contributed by atoms with Crippen molar-refractivity contribution in [3.05, 3.63) is 28.8 Å². The Morgan fingerprint density at radius 2 is 2.11 bits per heavy atom. The first kappa shape index (κ1) is 13.2. The minimum Gasteiger partial charge on any atom is -0.508 e. The Bertz CT molecular complexity index is 456. The van der Waals surface area contributed by atoms with Crippen LogP contribution < -0.4 is 10.6 Å². The number of nitrogens with one attached hydrogen (secondary N) is 2. The van der Waals surface area contributed by atoms with Crippen LogP contribution in [0.4, 0.5) is 0 Å². The molecule has 1 heterocycles. The predicted octanol–water partition coefficient (Wildman–Crippen LogP) is 1.92. The summed E-state index contributed by atoms with van der Waals surface area (Å²) in [6.07, 6.45) is 1.77. The molecule has 1 aromatic rings. The van der Waals surface area contributed by atoms with Crippen LogP contribution in [0.25, 0.3) is 0 Å². The molecule has 18 heavy (non-hydrogen) atoms. The van der Waals surface area contributed by atoms with E-state index >= 15 is 0 Å². The van der Waals surface area contributed by atoms with Gasteiger partial charge in [0.1, 0.15) is 5.75 Å². The molecule has 0 radical (unpaired) electrons. The Labute approximate surface area is 111 Å². The number of hydrogen-bond donors (Lipinski definition) is 3. The van der Waals surface area contributed by atoms with Crippen molar-refractivity contribution < 1.29 is 9.90 Å². The molecular weight excluding hydrogens is 252 g/mol. The van der Waals surface area contributed by atoms with E-state index in [0.717, 1.165) is 25.9 Å². The lowest BCUT2D eigenvalue weighted by molar-refractivity contribution is 0.0887. The lowest BCUT2D eigenvalue weighted by atomic mass is 9.90. The van der Waals surface area contributed by atoms with Gasteiger partial charge in [-0.2, -0.15) is 0 Å². The number of phenols is 1. The second kappa shape index (κ2) is 5.16. The summed E-state index contributed by atoms with van der Waals surface area (Å²) in [4.78, 5) is 12.2. The highest BCUT2D eigenvalue weighted by molar-refractivity contribution is 6.33. The first-order valence-electron chi connectivity index (χ1n) is 6.02. The summed E-state index contributed by atoms with van der Waals surface area (Å²) in [7, 11) is 0. The van der Waals surface area contributed by atoms with Gasteiger partial charge in [-0.1, -0.05) is 11.6 Å². The van der Waals surface area contributed by atoms with E-state index in [-0.39, 0.29) is 17.2 Å². The number of aromatic hydroxyl groups is 1. The number of halogens is 1. The van der Waals surface area contributed by atoms with E-state index in [9.17, 15) is 9.90 Å². The maximum absolute atomic E-state index is 12.2. The number of carbonyl (C=O) groups is 1. The van der Waals surface area contributed by atoms with E-state index < -0.39 is 0 Å². The first-order valence-corrected chi connectivity index (χ1v) is 6.40. The number of benzene rings is 1. The fourth-order valence-corrected chi connectivity index (χ4v) is 2.34. The van der Waals surface area contributed by atoms with Gasteiger partial charge in [-0.25, -0.2) is 0 Å². The highest BCUT2D eigenvalue weighted by Gasteiger charge is 2.29. The maximum Gasteiger partial charge on any atom is 0.253 e. The molecule has 1 aliphatic rings. The number of carbonyl (C=O) groups excluding carboxylic acids is 1. The molecule has 0 bridgehead atoms. The second-order valence-electron chi connectivity index (χ2n) is 4.93. The van der Waals surface area contributed by atoms with Gasteiger partial charge in [0.2, 0.25) is 0 Å². The molecule has 1 amide bonds. The summed E-state index contributed by atoms with van der Waals surface area (Å²) in [6.45, 7) is 3.82. The molecule has 5 heteroatoms. The molecule has 0 aliphatic carbocycles. The number of rotatable bonds is 2. The normalized spacial score (nSPS) is 18.3.